The Hall–Kier alpha value is -2.14. The van der Waals surface area contributed by atoms with Crippen LogP contribution in [0.2, 0.25) is 0 Å². The summed E-state index contributed by atoms with van der Waals surface area (Å²) in [5.74, 6) is 0. The Balaban J connectivity index is 2.21. The van der Waals surface area contributed by atoms with Gasteiger partial charge in [0, 0.05) is 11.1 Å². The molecule has 0 spiro atoms. The number of hydrogen-bond acceptors (Lipinski definition) is 3. The number of carbonyl (C=O) groups excluding carboxylic acids is 1. The van der Waals surface area contributed by atoms with E-state index in [-0.39, 0.29) is 5.11 Å². The highest BCUT2D eigenvalue weighted by Crippen LogP contribution is 2.22. The van der Waals surface area contributed by atoms with Crippen LogP contribution in [-0.2, 0) is 4.74 Å². The van der Waals surface area contributed by atoms with Crippen LogP contribution in [0.5, 0.6) is 0 Å². The number of anilines is 1. The van der Waals surface area contributed by atoms with E-state index in [0.717, 1.165) is 16.5 Å². The highest BCUT2D eigenvalue weighted by atomic mass is 32.1. The van der Waals surface area contributed by atoms with E-state index >= 15 is 0 Å². The second kappa shape index (κ2) is 5.46. The molecule has 0 aliphatic heterocycles. The first-order valence-electron chi connectivity index (χ1n) is 5.34. The molecule has 2 N–H and O–H groups in total. The van der Waals surface area contributed by atoms with Crippen LogP contribution in [0.25, 0.3) is 10.8 Å². The van der Waals surface area contributed by atoms with E-state index in [1.807, 2.05) is 42.5 Å². The van der Waals surface area contributed by atoms with E-state index in [0.29, 0.717) is 0 Å². The lowest BCUT2D eigenvalue weighted by molar-refractivity contribution is 0.177. The fourth-order valence-corrected chi connectivity index (χ4v) is 1.82. The Labute approximate surface area is 110 Å². The van der Waals surface area contributed by atoms with E-state index < -0.39 is 6.09 Å². The number of ether oxygens (including phenoxy) is 1. The lowest BCUT2D eigenvalue weighted by Gasteiger charge is -2.10. The van der Waals surface area contributed by atoms with Crippen molar-refractivity contribution in [1.29, 1.82) is 0 Å². The Kier molecular flexibility index (Phi) is 3.74. The quantitative estimate of drug-likeness (QED) is 0.774. The highest BCUT2D eigenvalue weighted by Gasteiger charge is 2.05. The second-order valence-electron chi connectivity index (χ2n) is 3.60. The number of rotatable bonds is 1. The average molecular weight is 260 g/mol. The molecule has 0 atom stereocenters. The zero-order chi connectivity index (χ0) is 13.0. The predicted octanol–water partition coefficient (Wildman–Crippen LogP) is 2.89. The number of nitrogens with one attached hydrogen (secondary N) is 2. The molecule has 5 heteroatoms. The summed E-state index contributed by atoms with van der Waals surface area (Å²) < 4.78 is 4.47. The molecule has 0 saturated heterocycles. The molecule has 0 unspecified atom stereocenters. The van der Waals surface area contributed by atoms with E-state index in [9.17, 15) is 4.79 Å². The third-order valence-corrected chi connectivity index (χ3v) is 2.64. The van der Waals surface area contributed by atoms with E-state index in [4.69, 9.17) is 12.2 Å². The first kappa shape index (κ1) is 12.3. The second-order valence-corrected chi connectivity index (χ2v) is 4.01. The minimum absolute atomic E-state index is 0.207. The Bertz CT molecular complexity index is 593. The predicted molar refractivity (Wildman–Crippen MR) is 75.7 cm³/mol. The van der Waals surface area contributed by atoms with Crippen LogP contribution in [-0.4, -0.2) is 18.3 Å². The zero-order valence-corrected chi connectivity index (χ0v) is 10.6. The first-order chi connectivity index (χ1) is 8.70. The molecule has 0 fully saturated rings. The van der Waals surface area contributed by atoms with Gasteiger partial charge in [-0.05, 0) is 23.7 Å². The third-order valence-electron chi connectivity index (χ3n) is 2.44. The van der Waals surface area contributed by atoms with Crippen molar-refractivity contribution in [3.05, 3.63) is 42.5 Å². The van der Waals surface area contributed by atoms with Crippen molar-refractivity contribution >= 4 is 39.9 Å². The maximum Gasteiger partial charge on any atom is 0.413 e. The first-order valence-corrected chi connectivity index (χ1v) is 5.75. The number of methoxy groups -OCH3 is 1. The Morgan fingerprint density at radius 2 is 1.89 bits per heavy atom. The molecular formula is C13H12N2O2S. The van der Waals surface area contributed by atoms with Gasteiger partial charge in [0.2, 0.25) is 0 Å². The summed E-state index contributed by atoms with van der Waals surface area (Å²) in [4.78, 5) is 11.0. The summed E-state index contributed by atoms with van der Waals surface area (Å²) in [5, 5.41) is 7.71. The van der Waals surface area contributed by atoms with Crippen molar-refractivity contribution in [2.24, 2.45) is 0 Å². The van der Waals surface area contributed by atoms with Crippen LogP contribution >= 0.6 is 12.2 Å². The molecule has 0 heterocycles. The molecule has 0 radical (unpaired) electrons. The van der Waals surface area contributed by atoms with Crippen LogP contribution in [0.1, 0.15) is 0 Å². The Morgan fingerprint density at radius 1 is 1.17 bits per heavy atom. The molecule has 2 rings (SSSR count). The van der Waals surface area contributed by atoms with Crippen molar-refractivity contribution in [2.75, 3.05) is 12.4 Å². The van der Waals surface area contributed by atoms with Crippen LogP contribution in [0.15, 0.2) is 42.5 Å². The van der Waals surface area contributed by atoms with Gasteiger partial charge in [-0.1, -0.05) is 36.4 Å². The molecule has 18 heavy (non-hydrogen) atoms. The van der Waals surface area contributed by atoms with Crippen molar-refractivity contribution in [2.45, 2.75) is 0 Å². The molecule has 92 valence electrons. The van der Waals surface area contributed by atoms with Gasteiger partial charge in [-0.15, -0.1) is 0 Å². The van der Waals surface area contributed by atoms with Gasteiger partial charge in [0.1, 0.15) is 0 Å². The van der Waals surface area contributed by atoms with E-state index in [1.165, 1.54) is 7.11 Å². The topological polar surface area (TPSA) is 50.4 Å². The largest absolute Gasteiger partial charge is 0.453 e. The standard InChI is InChI=1S/C13H12N2O2S/c1-17-13(16)15-12(18)14-11-8-4-6-9-5-2-3-7-10(9)11/h2-8H,1H3,(H2,14,15,16,18). The summed E-state index contributed by atoms with van der Waals surface area (Å²) in [6.45, 7) is 0. The number of hydrogen-bond donors (Lipinski definition) is 2. The van der Waals surface area contributed by atoms with Gasteiger partial charge < -0.3 is 10.1 Å². The summed E-state index contributed by atoms with van der Waals surface area (Å²) >= 11 is 5.02. The molecule has 1 amide bonds. The maximum atomic E-state index is 11.0. The van der Waals surface area contributed by atoms with Gasteiger partial charge in [0.25, 0.3) is 0 Å². The van der Waals surface area contributed by atoms with Crippen molar-refractivity contribution in [3.8, 4) is 0 Å². The highest BCUT2D eigenvalue weighted by molar-refractivity contribution is 7.80. The van der Waals surface area contributed by atoms with Gasteiger partial charge >= 0.3 is 6.09 Å². The number of benzene rings is 2. The summed E-state index contributed by atoms with van der Waals surface area (Å²) in [6, 6.07) is 13.7. The number of fused-ring (bicyclic) bond motifs is 1. The molecule has 4 nitrogen and oxygen atoms in total. The fourth-order valence-electron chi connectivity index (χ4n) is 1.63. The van der Waals surface area contributed by atoms with Crippen LogP contribution in [0.3, 0.4) is 0 Å². The SMILES string of the molecule is COC(=O)NC(=S)Nc1cccc2ccccc12. The molecule has 0 saturated carbocycles. The minimum atomic E-state index is -0.590. The molecule has 0 bridgehead atoms. The van der Waals surface area contributed by atoms with Gasteiger partial charge in [0.15, 0.2) is 5.11 Å². The van der Waals surface area contributed by atoms with E-state index in [1.54, 1.807) is 0 Å². The van der Waals surface area contributed by atoms with Gasteiger partial charge in [0.05, 0.1) is 7.11 Å². The normalized spacial score (nSPS) is 9.83. The lowest BCUT2D eigenvalue weighted by Crippen LogP contribution is -2.33. The summed E-state index contributed by atoms with van der Waals surface area (Å²) in [6.07, 6.45) is -0.590. The van der Waals surface area contributed by atoms with Gasteiger partial charge in [-0.25, -0.2) is 4.79 Å². The fraction of sp³-hybridized carbons (Fsp3) is 0.0769. The number of amides is 1. The van der Waals surface area contributed by atoms with Gasteiger partial charge in [-0.2, -0.15) is 0 Å². The molecule has 0 aliphatic rings. The Morgan fingerprint density at radius 3 is 2.67 bits per heavy atom. The molecule has 0 aliphatic carbocycles. The average Bonchev–Trinajstić information content (AvgIpc) is 2.39. The van der Waals surface area contributed by atoms with Crippen LogP contribution in [0, 0.1) is 0 Å². The summed E-state index contributed by atoms with van der Waals surface area (Å²) in [7, 11) is 1.29. The van der Waals surface area contributed by atoms with Crippen molar-refractivity contribution in [1.82, 2.24) is 5.32 Å². The summed E-state index contributed by atoms with van der Waals surface area (Å²) in [5.41, 5.74) is 0.842. The van der Waals surface area contributed by atoms with Crippen LogP contribution < -0.4 is 10.6 Å². The molecule has 0 aromatic heterocycles. The molecule has 2 aromatic rings. The monoisotopic (exact) mass is 260 g/mol. The molecule has 2 aromatic carbocycles. The van der Waals surface area contributed by atoms with E-state index in [2.05, 4.69) is 15.4 Å². The smallest absolute Gasteiger partial charge is 0.413 e. The van der Waals surface area contributed by atoms with Crippen molar-refractivity contribution < 1.29 is 9.53 Å². The number of carbonyl (C=O) groups is 1. The number of thiocarbonyl (C=S) groups is 1. The maximum absolute atomic E-state index is 11.0. The minimum Gasteiger partial charge on any atom is -0.453 e. The number of alkyl carbamates (subject to hydrolysis) is 1. The third kappa shape index (κ3) is 2.75. The van der Waals surface area contributed by atoms with Crippen molar-refractivity contribution in [3.63, 3.8) is 0 Å². The van der Waals surface area contributed by atoms with Gasteiger partial charge in [-0.3, -0.25) is 5.32 Å². The zero-order valence-electron chi connectivity index (χ0n) is 9.77. The lowest BCUT2D eigenvalue weighted by atomic mass is 10.1. The van der Waals surface area contributed by atoms with Crippen LogP contribution in [0.4, 0.5) is 10.5 Å². The molecular weight excluding hydrogens is 248 g/mol.